The Morgan fingerprint density at radius 3 is 1.30 bits per heavy atom. The molecule has 3 aromatic rings. The highest BCUT2D eigenvalue weighted by atomic mass is 32.1. The summed E-state index contributed by atoms with van der Waals surface area (Å²) < 4.78 is 17.3. The van der Waals surface area contributed by atoms with E-state index in [0.717, 1.165) is 51.4 Å². The SMILES string of the molecule is CC(C[SH2+])C(=O)Oc1cc(C=N[C@@H]2CCCCC2N=Cc2cc(OC(=O)CCCCCC(=O)Oc3cc(C=NC4CCCCC4)c(O)c(C(C)(C)C)c3)cc(C(C)(C)C)c2O)c(O)c(C(C)(C)C)c1. The van der Waals surface area contributed by atoms with E-state index >= 15 is 0 Å². The van der Waals surface area contributed by atoms with Crippen LogP contribution in [0.3, 0.4) is 0 Å². The molecule has 69 heavy (non-hydrogen) atoms. The lowest BCUT2D eigenvalue weighted by Crippen LogP contribution is -2.27. The summed E-state index contributed by atoms with van der Waals surface area (Å²) in [5.74, 6) is 0.187. The normalized spacial score (nSPS) is 18.0. The van der Waals surface area contributed by atoms with Crippen molar-refractivity contribution in [3.8, 4) is 34.5 Å². The molecule has 2 saturated carbocycles. The maximum Gasteiger partial charge on any atom is 0.318 e. The number of hydrogen-bond donors (Lipinski definition) is 3. The molecule has 3 N–H and O–H groups in total. The van der Waals surface area contributed by atoms with Crippen LogP contribution in [0, 0.1) is 5.92 Å². The van der Waals surface area contributed by atoms with Gasteiger partial charge in [0.2, 0.25) is 0 Å². The summed E-state index contributed by atoms with van der Waals surface area (Å²) in [6.45, 7) is 19.6. The van der Waals surface area contributed by atoms with E-state index < -0.39 is 22.8 Å². The van der Waals surface area contributed by atoms with Crippen LogP contribution >= 0.6 is 0 Å². The lowest BCUT2D eigenvalue weighted by atomic mass is 9.85. The summed E-state index contributed by atoms with van der Waals surface area (Å²) in [7, 11) is 0. The predicted octanol–water partition coefficient (Wildman–Crippen LogP) is 11.3. The lowest BCUT2D eigenvalue weighted by Gasteiger charge is -2.26. The monoisotopic (exact) mass is 969 g/mol. The van der Waals surface area contributed by atoms with Crippen molar-refractivity contribution in [1.29, 1.82) is 0 Å². The Balaban J connectivity index is 1.21. The van der Waals surface area contributed by atoms with E-state index in [0.29, 0.717) is 75.6 Å². The molecule has 0 saturated heterocycles. The Morgan fingerprint density at radius 1 is 0.565 bits per heavy atom. The van der Waals surface area contributed by atoms with Gasteiger partial charge in [0.1, 0.15) is 40.2 Å². The van der Waals surface area contributed by atoms with E-state index in [1.54, 1.807) is 62.0 Å². The zero-order valence-corrected chi connectivity index (χ0v) is 43.7. The van der Waals surface area contributed by atoms with Gasteiger partial charge in [-0.05, 0) is 111 Å². The molecule has 0 aromatic heterocycles. The van der Waals surface area contributed by atoms with Gasteiger partial charge in [-0.2, -0.15) is 0 Å². The first-order chi connectivity index (χ1) is 32.4. The van der Waals surface area contributed by atoms with E-state index in [1.807, 2.05) is 62.3 Å². The topological polar surface area (TPSA) is 177 Å². The molecule has 0 spiro atoms. The van der Waals surface area contributed by atoms with Crippen LogP contribution in [-0.2, 0) is 43.3 Å². The van der Waals surface area contributed by atoms with Crippen LogP contribution in [0.15, 0.2) is 51.4 Å². The van der Waals surface area contributed by atoms with Crippen molar-refractivity contribution in [2.24, 2.45) is 20.9 Å². The smallest absolute Gasteiger partial charge is 0.318 e. The zero-order chi connectivity index (χ0) is 50.7. The highest BCUT2D eigenvalue weighted by Crippen LogP contribution is 2.40. The summed E-state index contributed by atoms with van der Waals surface area (Å²) in [5, 5.41) is 34.0. The van der Waals surface area contributed by atoms with Gasteiger partial charge in [0.05, 0.1) is 18.0 Å². The van der Waals surface area contributed by atoms with Crippen LogP contribution in [-0.4, -0.2) is 75.7 Å². The van der Waals surface area contributed by atoms with Gasteiger partial charge >= 0.3 is 17.9 Å². The fourth-order valence-corrected chi connectivity index (χ4v) is 8.83. The molecule has 2 aliphatic rings. The molecule has 5 rings (SSSR count). The number of phenolic OH excluding ortho intramolecular Hbond substituents is 3. The Hall–Kier alpha value is -5.17. The van der Waals surface area contributed by atoms with Crippen molar-refractivity contribution in [1.82, 2.24) is 0 Å². The molecular formula is C56H78N3O9S+. The van der Waals surface area contributed by atoms with E-state index in [4.69, 9.17) is 29.2 Å². The Kier molecular flexibility index (Phi) is 19.1. The minimum atomic E-state index is -0.483. The Labute approximate surface area is 415 Å². The van der Waals surface area contributed by atoms with Gasteiger partial charge < -0.3 is 29.5 Å². The number of carbonyl (C=O) groups excluding carboxylic acids is 3. The van der Waals surface area contributed by atoms with E-state index in [1.165, 1.54) is 6.42 Å². The van der Waals surface area contributed by atoms with Gasteiger partial charge in [0.25, 0.3) is 0 Å². The number of carbonyl (C=O) groups is 3. The number of benzene rings is 3. The molecule has 3 atom stereocenters. The first kappa shape index (κ1) is 54.8. The van der Waals surface area contributed by atoms with Crippen molar-refractivity contribution >= 4 is 49.2 Å². The maximum absolute atomic E-state index is 13.2. The number of rotatable bonds is 17. The Bertz CT molecular complexity index is 2360. The van der Waals surface area contributed by atoms with Crippen molar-refractivity contribution in [3.05, 3.63) is 69.8 Å². The van der Waals surface area contributed by atoms with E-state index in [9.17, 15) is 29.7 Å². The van der Waals surface area contributed by atoms with Crippen LogP contribution in [0.4, 0.5) is 0 Å². The van der Waals surface area contributed by atoms with Gasteiger partial charge in [-0.3, -0.25) is 29.4 Å². The third-order valence-corrected chi connectivity index (χ3v) is 13.5. The molecular weight excluding hydrogens is 891 g/mol. The predicted molar refractivity (Wildman–Crippen MR) is 280 cm³/mol. The largest absolute Gasteiger partial charge is 0.507 e. The molecule has 0 heterocycles. The van der Waals surface area contributed by atoms with E-state index in [2.05, 4.69) is 12.6 Å². The van der Waals surface area contributed by atoms with Gasteiger partial charge in [-0.25, -0.2) is 0 Å². The molecule has 2 aliphatic carbocycles. The molecule has 0 aliphatic heterocycles. The summed E-state index contributed by atoms with van der Waals surface area (Å²) in [5.41, 5.74) is 2.00. The third kappa shape index (κ3) is 15.9. The summed E-state index contributed by atoms with van der Waals surface area (Å²) in [6.07, 6.45) is 16.0. The molecule has 12 nitrogen and oxygen atoms in total. The van der Waals surface area contributed by atoms with Gasteiger partial charge in [0, 0.05) is 70.9 Å². The molecule has 376 valence electrons. The van der Waals surface area contributed by atoms with Gasteiger partial charge in [-0.15, -0.1) is 0 Å². The molecule has 3 aromatic carbocycles. The number of phenols is 3. The second-order valence-electron chi connectivity index (χ2n) is 22.1. The second kappa shape index (κ2) is 24.1. The minimum absolute atomic E-state index is 0.0552. The first-order valence-corrected chi connectivity index (χ1v) is 25.6. The molecule has 0 radical (unpaired) electrons. The van der Waals surface area contributed by atoms with Crippen LogP contribution in [0.2, 0.25) is 0 Å². The van der Waals surface area contributed by atoms with Crippen molar-refractivity contribution < 1.29 is 43.9 Å². The van der Waals surface area contributed by atoms with Crippen molar-refractivity contribution in [3.63, 3.8) is 0 Å². The Morgan fingerprint density at radius 2 is 0.928 bits per heavy atom. The van der Waals surface area contributed by atoms with Crippen LogP contribution in [0.25, 0.3) is 0 Å². The van der Waals surface area contributed by atoms with Crippen LogP contribution < -0.4 is 14.2 Å². The maximum atomic E-state index is 13.2. The highest BCUT2D eigenvalue weighted by Gasteiger charge is 2.28. The number of unbranched alkanes of at least 4 members (excludes halogenated alkanes) is 2. The van der Waals surface area contributed by atoms with Crippen molar-refractivity contribution in [2.45, 2.75) is 193 Å². The number of hydrogen-bond acceptors (Lipinski definition) is 12. The molecule has 2 unspecified atom stereocenters. The number of nitrogens with zero attached hydrogens (tertiary/aromatic N) is 3. The summed E-state index contributed by atoms with van der Waals surface area (Å²) >= 11 is 3.40. The van der Waals surface area contributed by atoms with Gasteiger partial charge in [0.15, 0.2) is 0 Å². The third-order valence-electron chi connectivity index (χ3n) is 12.9. The zero-order valence-electron chi connectivity index (χ0n) is 42.7. The lowest BCUT2D eigenvalue weighted by molar-refractivity contribution is -0.138. The average molecular weight is 969 g/mol. The number of aliphatic imine (C=N–C) groups is 3. The fourth-order valence-electron chi connectivity index (χ4n) is 8.66. The summed E-state index contributed by atoms with van der Waals surface area (Å²) in [6, 6.07) is 9.86. The van der Waals surface area contributed by atoms with Crippen molar-refractivity contribution in [2.75, 3.05) is 5.75 Å². The summed E-state index contributed by atoms with van der Waals surface area (Å²) in [4.78, 5) is 53.5. The highest BCUT2D eigenvalue weighted by molar-refractivity contribution is 7.58. The fraction of sp³-hybridized carbons (Fsp3) is 0.571. The first-order valence-electron chi connectivity index (χ1n) is 24.9. The standard InChI is InChI=1S/C56H77N3O9S/c1-35(34-69)53(65)68-42-27-38(52(64)45(30-42)56(8,9)10)33-59-47-22-18-17-21-46(47)58-32-37-26-41(29-44(51(37)63)55(5,6)7)67-49(61)24-16-12-15-23-48(60)66-40-25-36(31-57-39-19-13-11-14-20-39)50(62)43(28-40)54(2,3)4/h25-33,35,39,46-47,62-64,69H,11-24,34H2,1-10H3/p+1/t35?,46?,47-/m1/s1. The molecule has 0 amide bonds. The van der Waals surface area contributed by atoms with E-state index in [-0.39, 0.29) is 65.5 Å². The van der Waals surface area contributed by atoms with Crippen LogP contribution in [0.5, 0.6) is 34.5 Å². The number of ether oxygens (including phenoxy) is 3. The number of esters is 3. The quantitative estimate of drug-likeness (QED) is 0.0391. The second-order valence-corrected chi connectivity index (χ2v) is 22.5. The average Bonchev–Trinajstić information content (AvgIpc) is 3.28. The molecule has 2 fully saturated rings. The minimum Gasteiger partial charge on any atom is -0.507 e. The molecule has 13 heteroatoms. The number of aromatic hydroxyl groups is 3. The molecule has 0 bridgehead atoms. The van der Waals surface area contributed by atoms with Crippen LogP contribution in [0.1, 0.15) is 193 Å². The van der Waals surface area contributed by atoms with Gasteiger partial charge in [-0.1, -0.05) is 101 Å².